The maximum atomic E-state index is 13.8. The van der Waals surface area contributed by atoms with Crippen molar-refractivity contribution in [2.45, 2.75) is 19.1 Å². The van der Waals surface area contributed by atoms with Gasteiger partial charge in [0, 0.05) is 12.7 Å². The third-order valence-corrected chi connectivity index (χ3v) is 3.95. The van der Waals surface area contributed by atoms with Crippen LogP contribution in [0, 0.1) is 5.82 Å². The number of hydrogen-bond acceptors (Lipinski definition) is 5. The molecule has 0 aliphatic rings. The molecule has 3 aromatic rings. The number of rotatable bonds is 6. The molecule has 2 heterocycles. The fraction of sp³-hybridized carbons (Fsp3) is 0.278. The van der Waals surface area contributed by atoms with E-state index in [4.69, 9.17) is 0 Å². The minimum absolute atomic E-state index is 0.158. The molecule has 0 aliphatic heterocycles. The van der Waals surface area contributed by atoms with Crippen LogP contribution in [0.5, 0.6) is 0 Å². The lowest BCUT2D eigenvalue weighted by molar-refractivity contribution is -0.137. The first-order valence-electron chi connectivity index (χ1n) is 8.29. The van der Waals surface area contributed by atoms with E-state index in [1.54, 1.807) is 18.3 Å². The molecule has 0 amide bonds. The van der Waals surface area contributed by atoms with Crippen molar-refractivity contribution in [2.75, 3.05) is 18.4 Å². The van der Waals surface area contributed by atoms with Crippen molar-refractivity contribution in [1.29, 1.82) is 0 Å². The summed E-state index contributed by atoms with van der Waals surface area (Å²) in [6.07, 6.45) is -1.73. The minimum atomic E-state index is -4.64. The summed E-state index contributed by atoms with van der Waals surface area (Å²) < 4.78 is 53.0. The number of fused-ring (bicyclic) bond motifs is 1. The molecule has 1 aromatic carbocycles. The number of likely N-dealkylation sites (N-methyl/N-ethyl adjacent to an activating group) is 1. The molecule has 0 fully saturated rings. The zero-order valence-electron chi connectivity index (χ0n) is 14.4. The van der Waals surface area contributed by atoms with Gasteiger partial charge in [0.1, 0.15) is 17.7 Å². The molecule has 2 aromatic heterocycles. The Kier molecular flexibility index (Phi) is 5.50. The molecule has 1 atom stereocenters. The van der Waals surface area contributed by atoms with Crippen LogP contribution < -0.4 is 10.6 Å². The maximum absolute atomic E-state index is 13.8. The molecule has 0 aliphatic carbocycles. The van der Waals surface area contributed by atoms with Crippen molar-refractivity contribution in [3.8, 4) is 0 Å². The summed E-state index contributed by atoms with van der Waals surface area (Å²) in [7, 11) is 0. The monoisotopic (exact) mass is 379 g/mol. The van der Waals surface area contributed by atoms with E-state index < -0.39 is 23.6 Å². The second-order valence-electron chi connectivity index (χ2n) is 5.87. The topological polar surface area (TPSA) is 62.7 Å². The van der Waals surface area contributed by atoms with E-state index in [2.05, 4.69) is 25.6 Å². The van der Waals surface area contributed by atoms with Crippen LogP contribution in [0.3, 0.4) is 0 Å². The Balaban J connectivity index is 2.00. The summed E-state index contributed by atoms with van der Waals surface area (Å²) in [4.78, 5) is 12.5. The number of hydrogen-bond donors (Lipinski definition) is 2. The molecule has 1 unspecified atom stereocenters. The molecule has 3 rings (SSSR count). The van der Waals surface area contributed by atoms with Crippen LogP contribution in [-0.2, 0) is 6.18 Å². The van der Waals surface area contributed by atoms with Crippen molar-refractivity contribution in [3.63, 3.8) is 0 Å². The third-order valence-electron chi connectivity index (χ3n) is 3.95. The summed E-state index contributed by atoms with van der Waals surface area (Å²) in [5.41, 5.74) is 0.193. The smallest absolute Gasteiger partial charge is 0.360 e. The van der Waals surface area contributed by atoms with Gasteiger partial charge in [-0.25, -0.2) is 14.4 Å². The highest BCUT2D eigenvalue weighted by atomic mass is 19.4. The molecule has 27 heavy (non-hydrogen) atoms. The summed E-state index contributed by atoms with van der Waals surface area (Å²) in [5, 5.41) is 6.13. The van der Waals surface area contributed by atoms with Crippen molar-refractivity contribution < 1.29 is 17.6 Å². The third kappa shape index (κ3) is 4.48. The van der Waals surface area contributed by atoms with Crippen LogP contribution in [0.25, 0.3) is 11.0 Å². The Morgan fingerprint density at radius 1 is 1.11 bits per heavy atom. The average Bonchev–Trinajstić information content (AvgIpc) is 2.64. The normalized spacial score (nSPS) is 12.9. The molecule has 0 spiro atoms. The van der Waals surface area contributed by atoms with Crippen LogP contribution in [-0.4, -0.2) is 28.0 Å². The van der Waals surface area contributed by atoms with Gasteiger partial charge >= 0.3 is 6.18 Å². The fourth-order valence-corrected chi connectivity index (χ4v) is 2.68. The van der Waals surface area contributed by atoms with E-state index in [0.717, 1.165) is 12.1 Å². The van der Waals surface area contributed by atoms with Crippen LogP contribution in [0.1, 0.15) is 24.1 Å². The number of nitrogens with one attached hydrogen (secondary N) is 2. The molecule has 0 bridgehead atoms. The Hall–Kier alpha value is -2.81. The highest BCUT2D eigenvalue weighted by Gasteiger charge is 2.32. The predicted molar refractivity (Wildman–Crippen MR) is 93.6 cm³/mol. The lowest BCUT2D eigenvalue weighted by Crippen LogP contribution is -2.27. The second kappa shape index (κ2) is 7.83. The van der Waals surface area contributed by atoms with Gasteiger partial charge in [-0.05, 0) is 42.4 Å². The largest absolute Gasteiger partial charge is 0.416 e. The standard InChI is InChI=1S/C18H17F4N5/c1-2-23-9-15(11-6-12(18(20,21)22)8-13(19)7-11)27-17-16-14(25-10-26-17)4-3-5-24-16/h3-8,10,15,23H,2,9H2,1H3,(H,25,26,27). The molecule has 142 valence electrons. The van der Waals surface area contributed by atoms with E-state index in [-0.39, 0.29) is 12.1 Å². The van der Waals surface area contributed by atoms with Crippen molar-refractivity contribution in [1.82, 2.24) is 20.3 Å². The summed E-state index contributed by atoms with van der Waals surface area (Å²) >= 11 is 0. The zero-order chi connectivity index (χ0) is 19.4. The Morgan fingerprint density at radius 3 is 2.67 bits per heavy atom. The number of alkyl halides is 3. The molecule has 5 nitrogen and oxygen atoms in total. The Labute approximate surface area is 152 Å². The molecular formula is C18H17F4N5. The summed E-state index contributed by atoms with van der Waals surface area (Å²) in [5.74, 6) is -0.588. The van der Waals surface area contributed by atoms with Gasteiger partial charge in [0.2, 0.25) is 0 Å². The molecule has 9 heteroatoms. The quantitative estimate of drug-likeness (QED) is 0.635. The highest BCUT2D eigenvalue weighted by molar-refractivity contribution is 5.84. The molecule has 0 saturated carbocycles. The molecule has 2 N–H and O–H groups in total. The number of anilines is 1. The van der Waals surface area contributed by atoms with Crippen LogP contribution >= 0.6 is 0 Å². The van der Waals surface area contributed by atoms with Gasteiger partial charge in [-0.15, -0.1) is 0 Å². The average molecular weight is 379 g/mol. The first-order chi connectivity index (χ1) is 12.9. The van der Waals surface area contributed by atoms with Gasteiger partial charge in [-0.1, -0.05) is 6.92 Å². The maximum Gasteiger partial charge on any atom is 0.416 e. The fourth-order valence-electron chi connectivity index (χ4n) is 2.68. The van der Waals surface area contributed by atoms with Gasteiger partial charge in [-0.2, -0.15) is 13.2 Å². The lowest BCUT2D eigenvalue weighted by Gasteiger charge is -2.22. The Bertz CT molecular complexity index is 924. The van der Waals surface area contributed by atoms with Crippen molar-refractivity contribution in [2.24, 2.45) is 0 Å². The predicted octanol–water partition coefficient (Wildman–Crippen LogP) is 3.95. The Morgan fingerprint density at radius 2 is 1.93 bits per heavy atom. The van der Waals surface area contributed by atoms with E-state index in [1.165, 1.54) is 6.33 Å². The van der Waals surface area contributed by atoms with Crippen LogP contribution in [0.2, 0.25) is 0 Å². The SMILES string of the molecule is CCNCC(Nc1ncnc2cccnc12)c1cc(F)cc(C(F)(F)F)c1. The lowest BCUT2D eigenvalue weighted by atomic mass is 10.0. The number of aromatic nitrogens is 3. The number of benzene rings is 1. The first-order valence-corrected chi connectivity index (χ1v) is 8.29. The van der Waals surface area contributed by atoms with Gasteiger partial charge in [0.25, 0.3) is 0 Å². The van der Waals surface area contributed by atoms with E-state index in [9.17, 15) is 17.6 Å². The number of halogens is 4. The van der Waals surface area contributed by atoms with Gasteiger partial charge < -0.3 is 10.6 Å². The highest BCUT2D eigenvalue weighted by Crippen LogP contribution is 2.32. The minimum Gasteiger partial charge on any atom is -0.360 e. The zero-order valence-corrected chi connectivity index (χ0v) is 14.4. The first kappa shape index (κ1) is 19.0. The summed E-state index contributed by atoms with van der Waals surface area (Å²) in [6.45, 7) is 2.74. The van der Waals surface area contributed by atoms with Crippen LogP contribution in [0.15, 0.2) is 42.9 Å². The summed E-state index contributed by atoms with van der Waals surface area (Å²) in [6, 6.07) is 5.32. The van der Waals surface area contributed by atoms with Gasteiger partial charge in [0.15, 0.2) is 5.82 Å². The van der Waals surface area contributed by atoms with Crippen LogP contribution in [0.4, 0.5) is 23.4 Å². The second-order valence-corrected chi connectivity index (χ2v) is 5.87. The van der Waals surface area contributed by atoms with E-state index >= 15 is 0 Å². The van der Waals surface area contributed by atoms with E-state index in [1.807, 2.05) is 6.92 Å². The van der Waals surface area contributed by atoms with Crippen molar-refractivity contribution in [3.05, 3.63) is 59.8 Å². The molecular weight excluding hydrogens is 362 g/mol. The van der Waals surface area contributed by atoms with Gasteiger partial charge in [0.05, 0.1) is 17.1 Å². The van der Waals surface area contributed by atoms with E-state index in [0.29, 0.717) is 29.5 Å². The molecule has 0 saturated heterocycles. The number of pyridine rings is 1. The molecule has 0 radical (unpaired) electrons. The number of nitrogens with zero attached hydrogens (tertiary/aromatic N) is 3. The van der Waals surface area contributed by atoms with Crippen molar-refractivity contribution >= 4 is 16.9 Å². The van der Waals surface area contributed by atoms with Gasteiger partial charge in [-0.3, -0.25) is 4.98 Å².